The van der Waals surface area contributed by atoms with Gasteiger partial charge in [-0.25, -0.2) is 0 Å². The van der Waals surface area contributed by atoms with Crippen LogP contribution in [0.1, 0.15) is 17.2 Å². The van der Waals surface area contributed by atoms with Gasteiger partial charge in [0.05, 0.1) is 6.10 Å². The highest BCUT2D eigenvalue weighted by molar-refractivity contribution is 7.98. The molecule has 2 aromatic rings. The molecule has 2 rings (SSSR count). The third kappa shape index (κ3) is 4.37. The first kappa shape index (κ1) is 15.1. The molecule has 3 heteroatoms. The van der Waals surface area contributed by atoms with Crippen LogP contribution < -0.4 is 0 Å². The highest BCUT2D eigenvalue weighted by Crippen LogP contribution is 2.17. The summed E-state index contributed by atoms with van der Waals surface area (Å²) in [5.41, 5.74) is 2.24. The van der Waals surface area contributed by atoms with Gasteiger partial charge in [0.2, 0.25) is 0 Å². The van der Waals surface area contributed by atoms with Crippen molar-refractivity contribution in [2.24, 2.45) is 0 Å². The second kappa shape index (κ2) is 7.48. The molecule has 20 heavy (non-hydrogen) atoms. The lowest BCUT2D eigenvalue weighted by Gasteiger charge is -2.21. The quantitative estimate of drug-likeness (QED) is 0.822. The van der Waals surface area contributed by atoms with Gasteiger partial charge >= 0.3 is 0 Å². The van der Waals surface area contributed by atoms with Gasteiger partial charge in [-0.2, -0.15) is 0 Å². The minimum atomic E-state index is -0.438. The van der Waals surface area contributed by atoms with Crippen molar-refractivity contribution in [2.45, 2.75) is 17.5 Å². The molecule has 0 saturated carbocycles. The molecule has 0 heterocycles. The largest absolute Gasteiger partial charge is 0.387 e. The number of aliphatic hydroxyl groups is 1. The van der Waals surface area contributed by atoms with Gasteiger partial charge in [0.15, 0.2) is 0 Å². The van der Waals surface area contributed by atoms with Gasteiger partial charge in [-0.05, 0) is 36.6 Å². The molecule has 0 fully saturated rings. The topological polar surface area (TPSA) is 23.5 Å². The number of hydrogen-bond donors (Lipinski definition) is 1. The number of thioether (sulfide) groups is 1. The first-order chi connectivity index (χ1) is 9.69. The van der Waals surface area contributed by atoms with Crippen LogP contribution in [-0.2, 0) is 6.54 Å². The van der Waals surface area contributed by atoms with Gasteiger partial charge in [0.25, 0.3) is 0 Å². The van der Waals surface area contributed by atoms with Crippen LogP contribution in [0.3, 0.4) is 0 Å². The summed E-state index contributed by atoms with van der Waals surface area (Å²) in [6.07, 6.45) is 1.64. The lowest BCUT2D eigenvalue weighted by molar-refractivity contribution is 0.124. The van der Waals surface area contributed by atoms with E-state index in [-0.39, 0.29) is 0 Å². The van der Waals surface area contributed by atoms with Crippen molar-refractivity contribution in [2.75, 3.05) is 19.8 Å². The highest BCUT2D eigenvalue weighted by Gasteiger charge is 2.10. The number of likely N-dealkylation sites (N-methyl/N-ethyl adjacent to an activating group) is 1. The lowest BCUT2D eigenvalue weighted by Crippen LogP contribution is -2.24. The Balaban J connectivity index is 1.90. The third-order valence-corrected chi connectivity index (χ3v) is 4.02. The summed E-state index contributed by atoms with van der Waals surface area (Å²) in [7, 11) is 2.04. The molecule has 1 atom stereocenters. The summed E-state index contributed by atoms with van der Waals surface area (Å²) >= 11 is 1.75. The Morgan fingerprint density at radius 2 is 1.70 bits per heavy atom. The van der Waals surface area contributed by atoms with Crippen molar-refractivity contribution >= 4 is 11.8 Å². The van der Waals surface area contributed by atoms with Crippen LogP contribution in [0.15, 0.2) is 59.5 Å². The standard InChI is InChI=1S/C17H21NOS/c1-18(12-14-8-10-16(20-2)11-9-14)13-17(19)15-6-4-3-5-7-15/h3-11,17,19H,12-13H2,1-2H3/t17-/m0/s1. The number of hydrogen-bond acceptors (Lipinski definition) is 3. The van der Waals surface area contributed by atoms with Crippen LogP contribution in [0.25, 0.3) is 0 Å². The zero-order chi connectivity index (χ0) is 14.4. The predicted molar refractivity (Wildman–Crippen MR) is 86.0 cm³/mol. The van der Waals surface area contributed by atoms with Crippen LogP contribution in [0.5, 0.6) is 0 Å². The van der Waals surface area contributed by atoms with E-state index in [1.165, 1.54) is 10.5 Å². The van der Waals surface area contributed by atoms with Crippen molar-refractivity contribution in [1.82, 2.24) is 4.90 Å². The lowest BCUT2D eigenvalue weighted by atomic mass is 10.1. The van der Waals surface area contributed by atoms with Crippen molar-refractivity contribution in [3.63, 3.8) is 0 Å². The van der Waals surface area contributed by atoms with E-state index in [9.17, 15) is 5.11 Å². The molecule has 0 aliphatic rings. The molecule has 0 radical (unpaired) electrons. The van der Waals surface area contributed by atoms with Crippen molar-refractivity contribution in [3.05, 3.63) is 65.7 Å². The van der Waals surface area contributed by atoms with Crippen molar-refractivity contribution in [1.29, 1.82) is 0 Å². The summed E-state index contributed by atoms with van der Waals surface area (Å²) in [6, 6.07) is 18.4. The average molecular weight is 287 g/mol. The zero-order valence-electron chi connectivity index (χ0n) is 12.0. The Morgan fingerprint density at radius 3 is 2.30 bits per heavy atom. The average Bonchev–Trinajstić information content (AvgIpc) is 2.49. The maximum Gasteiger partial charge on any atom is 0.0916 e. The molecular weight excluding hydrogens is 266 g/mol. The van der Waals surface area contributed by atoms with E-state index in [1.54, 1.807) is 11.8 Å². The second-order valence-electron chi connectivity index (χ2n) is 4.97. The maximum atomic E-state index is 10.2. The second-order valence-corrected chi connectivity index (χ2v) is 5.85. The maximum absolute atomic E-state index is 10.2. The third-order valence-electron chi connectivity index (χ3n) is 3.28. The molecule has 0 saturated heterocycles. The van der Waals surface area contributed by atoms with Crippen LogP contribution in [0.2, 0.25) is 0 Å². The fourth-order valence-corrected chi connectivity index (χ4v) is 2.59. The van der Waals surface area contributed by atoms with E-state index in [1.807, 2.05) is 37.4 Å². The first-order valence-electron chi connectivity index (χ1n) is 6.73. The van der Waals surface area contributed by atoms with Gasteiger partial charge in [-0.15, -0.1) is 11.8 Å². The molecule has 0 aromatic heterocycles. The van der Waals surface area contributed by atoms with E-state index in [2.05, 4.69) is 35.4 Å². The van der Waals surface area contributed by atoms with Crippen molar-refractivity contribution < 1.29 is 5.11 Å². The smallest absolute Gasteiger partial charge is 0.0916 e. The molecule has 2 aromatic carbocycles. The first-order valence-corrected chi connectivity index (χ1v) is 7.96. The Morgan fingerprint density at radius 1 is 1.05 bits per heavy atom. The monoisotopic (exact) mass is 287 g/mol. The number of benzene rings is 2. The Bertz CT molecular complexity index is 512. The molecule has 0 unspecified atom stereocenters. The van der Waals surface area contributed by atoms with Crippen LogP contribution in [0, 0.1) is 0 Å². The molecule has 1 N–H and O–H groups in total. The van der Waals surface area contributed by atoms with Crippen LogP contribution >= 0.6 is 11.8 Å². The summed E-state index contributed by atoms with van der Waals surface area (Å²) in [4.78, 5) is 3.42. The number of nitrogens with zero attached hydrogens (tertiary/aromatic N) is 1. The SMILES string of the molecule is CSc1ccc(CN(C)C[C@H](O)c2ccccc2)cc1. The molecule has 106 valence electrons. The Hall–Kier alpha value is -1.29. The van der Waals surface area contributed by atoms with E-state index >= 15 is 0 Å². The van der Waals surface area contributed by atoms with E-state index in [4.69, 9.17) is 0 Å². The van der Waals surface area contributed by atoms with E-state index in [0.29, 0.717) is 6.54 Å². The van der Waals surface area contributed by atoms with Gasteiger partial charge in [0, 0.05) is 18.0 Å². The van der Waals surface area contributed by atoms with Gasteiger partial charge in [-0.3, -0.25) is 4.90 Å². The molecular formula is C17H21NOS. The zero-order valence-corrected chi connectivity index (χ0v) is 12.8. The molecule has 0 aliphatic heterocycles. The summed E-state index contributed by atoms with van der Waals surface area (Å²) in [6.45, 7) is 1.48. The summed E-state index contributed by atoms with van der Waals surface area (Å²) < 4.78 is 0. The van der Waals surface area contributed by atoms with Crippen LogP contribution in [0.4, 0.5) is 0 Å². The fraction of sp³-hybridized carbons (Fsp3) is 0.294. The van der Waals surface area contributed by atoms with Gasteiger partial charge < -0.3 is 5.11 Å². The number of aliphatic hydroxyl groups excluding tert-OH is 1. The van der Waals surface area contributed by atoms with Gasteiger partial charge in [-0.1, -0.05) is 42.5 Å². The summed E-state index contributed by atoms with van der Waals surface area (Å²) in [5.74, 6) is 0. The minimum Gasteiger partial charge on any atom is -0.387 e. The van der Waals surface area contributed by atoms with E-state index < -0.39 is 6.10 Å². The predicted octanol–water partition coefficient (Wildman–Crippen LogP) is 3.57. The van der Waals surface area contributed by atoms with Crippen molar-refractivity contribution in [3.8, 4) is 0 Å². The molecule has 0 spiro atoms. The fourth-order valence-electron chi connectivity index (χ4n) is 2.18. The minimum absolute atomic E-state index is 0.438. The molecule has 0 bridgehead atoms. The Labute approximate surface area is 125 Å². The number of rotatable bonds is 6. The summed E-state index contributed by atoms with van der Waals surface area (Å²) in [5, 5.41) is 10.2. The highest BCUT2D eigenvalue weighted by atomic mass is 32.2. The van der Waals surface area contributed by atoms with Crippen LogP contribution in [-0.4, -0.2) is 29.9 Å². The van der Waals surface area contributed by atoms with Gasteiger partial charge in [0.1, 0.15) is 0 Å². The Kier molecular flexibility index (Phi) is 5.65. The molecule has 0 amide bonds. The molecule has 0 aliphatic carbocycles. The van der Waals surface area contributed by atoms with E-state index in [0.717, 1.165) is 12.1 Å². The molecule has 2 nitrogen and oxygen atoms in total. The normalized spacial score (nSPS) is 12.6.